The van der Waals surface area contributed by atoms with Gasteiger partial charge in [0.1, 0.15) is 10.6 Å². The number of carbonyl (C=O) groups is 1. The Labute approximate surface area is 155 Å². The lowest BCUT2D eigenvalue weighted by atomic mass is 10.0. The molecule has 0 aliphatic carbocycles. The summed E-state index contributed by atoms with van der Waals surface area (Å²) in [5.41, 5.74) is -0.0738. The molecule has 7 heteroatoms. The Bertz CT molecular complexity index is 817. The minimum atomic E-state index is -3.91. The maximum absolute atomic E-state index is 13.3. The Balaban J connectivity index is 2.06. The van der Waals surface area contributed by atoms with Crippen LogP contribution >= 0.6 is 0 Å². The molecule has 1 aromatic carbocycles. The van der Waals surface area contributed by atoms with Crippen LogP contribution in [0.2, 0.25) is 0 Å². The van der Waals surface area contributed by atoms with Crippen molar-refractivity contribution in [3.8, 4) is 0 Å². The number of carbonyl (C=O) groups excluding carboxylic acids is 1. The highest BCUT2D eigenvalue weighted by Gasteiger charge is 2.49. The molecule has 1 amide bonds. The van der Waals surface area contributed by atoms with E-state index >= 15 is 0 Å². The fourth-order valence-electron chi connectivity index (χ4n) is 3.56. The molecule has 0 saturated carbocycles. The van der Waals surface area contributed by atoms with Gasteiger partial charge in [-0.3, -0.25) is 4.79 Å². The highest BCUT2D eigenvalue weighted by Crippen LogP contribution is 2.39. The molecule has 142 valence electrons. The number of likely N-dealkylation sites (tertiary alicyclic amines) is 1. The summed E-state index contributed by atoms with van der Waals surface area (Å²) in [5.74, 6) is -0.463. The molecule has 1 aromatic rings. The van der Waals surface area contributed by atoms with Crippen molar-refractivity contribution < 1.29 is 13.2 Å². The van der Waals surface area contributed by atoms with Crippen LogP contribution in [0.3, 0.4) is 0 Å². The standard InChI is InChI=1S/C19H27N3O3S/c1-19(2,3)22-18(23)16(20-15-10-12-21(4)13-11-15)17(26(22,24)25)14-8-6-5-7-9-14/h5-9,15,20H,10-13H2,1-4H3. The van der Waals surface area contributed by atoms with E-state index in [2.05, 4.69) is 17.3 Å². The van der Waals surface area contributed by atoms with Gasteiger partial charge in [0.25, 0.3) is 15.9 Å². The second-order valence-electron chi connectivity index (χ2n) is 8.04. The maximum Gasteiger partial charge on any atom is 0.285 e. The number of amides is 1. The molecule has 0 radical (unpaired) electrons. The van der Waals surface area contributed by atoms with Crippen LogP contribution in [0.15, 0.2) is 36.0 Å². The third-order valence-corrected chi connectivity index (χ3v) is 6.99. The predicted molar refractivity (Wildman–Crippen MR) is 103 cm³/mol. The van der Waals surface area contributed by atoms with Crippen LogP contribution in [0.1, 0.15) is 39.2 Å². The van der Waals surface area contributed by atoms with E-state index in [1.807, 2.05) is 6.07 Å². The van der Waals surface area contributed by atoms with Gasteiger partial charge in [0.2, 0.25) is 0 Å². The van der Waals surface area contributed by atoms with Crippen molar-refractivity contribution in [2.45, 2.75) is 45.2 Å². The van der Waals surface area contributed by atoms with Gasteiger partial charge in [0.15, 0.2) is 0 Å². The zero-order chi connectivity index (χ0) is 19.1. The van der Waals surface area contributed by atoms with Gasteiger partial charge < -0.3 is 10.2 Å². The van der Waals surface area contributed by atoms with E-state index in [4.69, 9.17) is 0 Å². The smallest absolute Gasteiger partial charge is 0.285 e. The van der Waals surface area contributed by atoms with E-state index in [0.29, 0.717) is 5.56 Å². The number of nitrogens with one attached hydrogen (secondary N) is 1. The van der Waals surface area contributed by atoms with E-state index in [9.17, 15) is 13.2 Å². The molecule has 0 spiro atoms. The van der Waals surface area contributed by atoms with Crippen molar-refractivity contribution in [1.29, 1.82) is 0 Å². The first-order chi connectivity index (χ1) is 12.1. The monoisotopic (exact) mass is 377 g/mol. The first kappa shape index (κ1) is 18.9. The highest BCUT2D eigenvalue weighted by molar-refractivity contribution is 7.99. The molecule has 1 fully saturated rings. The number of sulfonamides is 1. The lowest BCUT2D eigenvalue weighted by molar-refractivity contribution is -0.125. The molecule has 2 aliphatic heterocycles. The van der Waals surface area contributed by atoms with Crippen molar-refractivity contribution in [3.05, 3.63) is 41.6 Å². The number of hydrogen-bond donors (Lipinski definition) is 1. The van der Waals surface area contributed by atoms with Crippen LogP contribution in [0.4, 0.5) is 0 Å². The van der Waals surface area contributed by atoms with Crippen molar-refractivity contribution in [2.75, 3.05) is 20.1 Å². The summed E-state index contributed by atoms with van der Waals surface area (Å²) < 4.78 is 27.5. The lowest BCUT2D eigenvalue weighted by Gasteiger charge is -2.32. The van der Waals surface area contributed by atoms with Crippen molar-refractivity contribution >= 4 is 20.8 Å². The fraction of sp³-hybridized carbons (Fsp3) is 0.526. The molecule has 6 nitrogen and oxygen atoms in total. The molecule has 2 heterocycles. The zero-order valence-corrected chi connectivity index (χ0v) is 16.6. The van der Waals surface area contributed by atoms with Crippen molar-refractivity contribution in [3.63, 3.8) is 0 Å². The Morgan fingerprint density at radius 3 is 2.19 bits per heavy atom. The number of nitrogens with zero attached hydrogens (tertiary/aromatic N) is 2. The van der Waals surface area contributed by atoms with Crippen molar-refractivity contribution in [1.82, 2.24) is 14.5 Å². The molecule has 2 aliphatic rings. The van der Waals surface area contributed by atoms with E-state index in [1.54, 1.807) is 45.0 Å². The quantitative estimate of drug-likeness (QED) is 0.873. The van der Waals surface area contributed by atoms with Gasteiger partial charge in [-0.2, -0.15) is 0 Å². The lowest BCUT2D eigenvalue weighted by Crippen LogP contribution is -2.48. The van der Waals surface area contributed by atoms with Crippen LogP contribution in [0.5, 0.6) is 0 Å². The Kier molecular flexibility index (Phi) is 4.88. The summed E-state index contributed by atoms with van der Waals surface area (Å²) >= 11 is 0. The van der Waals surface area contributed by atoms with Crippen LogP contribution in [0.25, 0.3) is 4.91 Å². The largest absolute Gasteiger partial charge is 0.377 e. The predicted octanol–water partition coefficient (Wildman–Crippen LogP) is 2.01. The molecule has 1 saturated heterocycles. The summed E-state index contributed by atoms with van der Waals surface area (Å²) in [6.45, 7) is 7.07. The van der Waals surface area contributed by atoms with E-state index in [-0.39, 0.29) is 16.6 Å². The minimum absolute atomic E-state index is 0.0944. The number of rotatable bonds is 3. The summed E-state index contributed by atoms with van der Waals surface area (Å²) in [4.78, 5) is 15.4. The fourth-order valence-corrected chi connectivity index (χ4v) is 5.61. The van der Waals surface area contributed by atoms with Crippen LogP contribution in [-0.4, -0.2) is 55.2 Å². The Hall–Kier alpha value is -1.86. The number of piperidine rings is 1. The molecule has 26 heavy (non-hydrogen) atoms. The molecule has 0 aromatic heterocycles. The molecule has 1 N–H and O–H groups in total. The minimum Gasteiger partial charge on any atom is -0.377 e. The maximum atomic E-state index is 13.3. The van der Waals surface area contributed by atoms with Crippen LogP contribution in [-0.2, 0) is 14.8 Å². The van der Waals surface area contributed by atoms with Gasteiger partial charge in [-0.25, -0.2) is 12.7 Å². The normalized spacial score (nSPS) is 22.2. The van der Waals surface area contributed by atoms with Gasteiger partial charge in [-0.05, 0) is 59.3 Å². The third-order valence-electron chi connectivity index (χ3n) is 4.84. The summed E-state index contributed by atoms with van der Waals surface area (Å²) in [6.07, 6.45) is 1.76. The number of hydrogen-bond acceptors (Lipinski definition) is 5. The van der Waals surface area contributed by atoms with Gasteiger partial charge in [-0.15, -0.1) is 0 Å². The number of benzene rings is 1. The molecule has 0 bridgehead atoms. The summed E-state index contributed by atoms with van der Waals surface area (Å²) in [5, 5.41) is 3.28. The average molecular weight is 378 g/mol. The third kappa shape index (κ3) is 3.38. The van der Waals surface area contributed by atoms with Gasteiger partial charge in [0, 0.05) is 6.04 Å². The van der Waals surface area contributed by atoms with Gasteiger partial charge >= 0.3 is 0 Å². The molecule has 0 unspecified atom stereocenters. The van der Waals surface area contributed by atoms with Gasteiger partial charge in [-0.1, -0.05) is 30.3 Å². The first-order valence-corrected chi connectivity index (χ1v) is 10.4. The highest BCUT2D eigenvalue weighted by atomic mass is 32.2. The SMILES string of the molecule is CN1CCC(NC2=C(c3ccccc3)S(=O)(=O)N(C(C)(C)C)C2=O)CC1. The zero-order valence-electron chi connectivity index (χ0n) is 15.8. The van der Waals surface area contributed by atoms with Crippen LogP contribution < -0.4 is 5.32 Å². The molecule has 0 atom stereocenters. The molecular formula is C19H27N3O3S. The van der Waals surface area contributed by atoms with E-state index in [0.717, 1.165) is 30.2 Å². The summed E-state index contributed by atoms with van der Waals surface area (Å²) in [6, 6.07) is 8.98. The first-order valence-electron chi connectivity index (χ1n) is 8.97. The second kappa shape index (κ2) is 6.70. The average Bonchev–Trinajstić information content (AvgIpc) is 2.75. The molecule has 3 rings (SSSR count). The summed E-state index contributed by atoms with van der Waals surface area (Å²) in [7, 11) is -1.84. The second-order valence-corrected chi connectivity index (χ2v) is 9.76. The van der Waals surface area contributed by atoms with E-state index in [1.165, 1.54) is 0 Å². The Morgan fingerprint density at radius 2 is 1.65 bits per heavy atom. The van der Waals surface area contributed by atoms with Gasteiger partial charge in [0.05, 0.1) is 5.54 Å². The van der Waals surface area contributed by atoms with Crippen molar-refractivity contribution in [2.24, 2.45) is 0 Å². The topological polar surface area (TPSA) is 69.7 Å². The molecular weight excluding hydrogens is 350 g/mol. The van der Waals surface area contributed by atoms with Crippen LogP contribution in [0, 0.1) is 0 Å². The van der Waals surface area contributed by atoms with E-state index < -0.39 is 21.5 Å². The Morgan fingerprint density at radius 1 is 1.08 bits per heavy atom.